The molecule has 0 fully saturated rings. The number of hydrogen-bond acceptors (Lipinski definition) is 4. The third-order valence-electron chi connectivity index (χ3n) is 4.91. The first-order chi connectivity index (χ1) is 14.4. The number of rotatable bonds is 11. The quantitative estimate of drug-likeness (QED) is 0.524. The van der Waals surface area contributed by atoms with Crippen LogP contribution in [-0.4, -0.2) is 63.7 Å². The summed E-state index contributed by atoms with van der Waals surface area (Å²) in [4.78, 5) is 16.1. The highest BCUT2D eigenvalue weighted by Gasteiger charge is 2.08. The van der Waals surface area contributed by atoms with Crippen LogP contribution in [0.5, 0.6) is 11.5 Å². The van der Waals surface area contributed by atoms with Crippen LogP contribution < -0.4 is 9.47 Å². The van der Waals surface area contributed by atoms with Gasteiger partial charge in [-0.2, -0.15) is 0 Å². The molecule has 6 heteroatoms. The second-order valence-corrected chi connectivity index (χ2v) is 7.24. The summed E-state index contributed by atoms with van der Waals surface area (Å²) < 4.78 is 23.8. The zero-order valence-corrected chi connectivity index (χ0v) is 18.2. The SMILES string of the molecule is COc1ccc(CCN(C)CCCN(C)C(=O)/C=C/c2cccc(F)c2)cc1OC. The maximum atomic E-state index is 13.2. The average Bonchev–Trinajstić information content (AvgIpc) is 2.75. The molecule has 5 nitrogen and oxygen atoms in total. The van der Waals surface area contributed by atoms with Crippen molar-refractivity contribution in [2.24, 2.45) is 0 Å². The normalized spacial score (nSPS) is 11.1. The van der Waals surface area contributed by atoms with Crippen molar-refractivity contribution in [1.29, 1.82) is 0 Å². The van der Waals surface area contributed by atoms with Crippen LogP contribution in [0.4, 0.5) is 4.39 Å². The zero-order chi connectivity index (χ0) is 21.9. The Bertz CT molecular complexity index is 854. The number of amides is 1. The van der Waals surface area contributed by atoms with Gasteiger partial charge < -0.3 is 19.3 Å². The molecular weight excluding hydrogens is 383 g/mol. The molecule has 0 aromatic heterocycles. The molecule has 0 radical (unpaired) electrons. The Morgan fingerprint density at radius 2 is 1.77 bits per heavy atom. The Morgan fingerprint density at radius 3 is 2.47 bits per heavy atom. The second-order valence-electron chi connectivity index (χ2n) is 7.24. The zero-order valence-electron chi connectivity index (χ0n) is 18.2. The molecule has 0 bridgehead atoms. The number of methoxy groups -OCH3 is 2. The van der Waals surface area contributed by atoms with Crippen LogP contribution in [0.1, 0.15) is 17.5 Å². The minimum Gasteiger partial charge on any atom is -0.493 e. The predicted octanol–water partition coefficient (Wildman–Crippen LogP) is 3.88. The number of hydrogen-bond donors (Lipinski definition) is 0. The molecule has 162 valence electrons. The van der Waals surface area contributed by atoms with E-state index in [2.05, 4.69) is 11.9 Å². The summed E-state index contributed by atoms with van der Waals surface area (Å²) in [5, 5.41) is 0. The van der Waals surface area contributed by atoms with Crippen LogP contribution in [0, 0.1) is 5.82 Å². The van der Waals surface area contributed by atoms with Gasteiger partial charge in [-0.05, 0) is 67.9 Å². The number of halogens is 1. The minimum atomic E-state index is -0.311. The second kappa shape index (κ2) is 12.0. The van der Waals surface area contributed by atoms with Crippen LogP contribution in [0.3, 0.4) is 0 Å². The van der Waals surface area contributed by atoms with Gasteiger partial charge in [-0.25, -0.2) is 4.39 Å². The number of nitrogens with zero attached hydrogens (tertiary/aromatic N) is 2. The van der Waals surface area contributed by atoms with Crippen LogP contribution in [0.25, 0.3) is 6.08 Å². The van der Waals surface area contributed by atoms with Crippen molar-refractivity contribution in [3.8, 4) is 11.5 Å². The predicted molar refractivity (Wildman–Crippen MR) is 118 cm³/mol. The van der Waals surface area contributed by atoms with Crippen molar-refractivity contribution < 1.29 is 18.7 Å². The average molecular weight is 415 g/mol. The van der Waals surface area contributed by atoms with Gasteiger partial charge in [0.25, 0.3) is 0 Å². The van der Waals surface area contributed by atoms with Crippen LogP contribution in [-0.2, 0) is 11.2 Å². The highest BCUT2D eigenvalue weighted by Crippen LogP contribution is 2.27. The van der Waals surface area contributed by atoms with Crippen molar-refractivity contribution in [3.05, 3.63) is 65.5 Å². The van der Waals surface area contributed by atoms with Gasteiger partial charge in [0.15, 0.2) is 11.5 Å². The maximum absolute atomic E-state index is 13.2. The van der Waals surface area contributed by atoms with Gasteiger partial charge in [0.05, 0.1) is 14.2 Å². The number of benzene rings is 2. The van der Waals surface area contributed by atoms with E-state index in [0.29, 0.717) is 12.1 Å². The smallest absolute Gasteiger partial charge is 0.246 e. The summed E-state index contributed by atoms with van der Waals surface area (Å²) in [6.07, 6.45) is 4.90. The Kier molecular flexibility index (Phi) is 9.35. The first-order valence-corrected chi connectivity index (χ1v) is 10.0. The molecular formula is C24H31FN2O3. The lowest BCUT2D eigenvalue weighted by Crippen LogP contribution is -2.30. The fourth-order valence-corrected chi connectivity index (χ4v) is 3.06. The Balaban J connectivity index is 1.72. The fraction of sp³-hybridized carbons (Fsp3) is 0.375. The summed E-state index contributed by atoms with van der Waals surface area (Å²) in [7, 11) is 7.12. The highest BCUT2D eigenvalue weighted by molar-refractivity contribution is 5.91. The molecule has 0 aliphatic carbocycles. The van der Waals surface area contributed by atoms with E-state index in [9.17, 15) is 9.18 Å². The molecule has 0 N–H and O–H groups in total. The monoisotopic (exact) mass is 414 g/mol. The van der Waals surface area contributed by atoms with Gasteiger partial charge >= 0.3 is 0 Å². The van der Waals surface area contributed by atoms with Gasteiger partial charge in [0.1, 0.15) is 5.82 Å². The topological polar surface area (TPSA) is 42.0 Å². The number of carbonyl (C=O) groups is 1. The van der Waals surface area contributed by atoms with Crippen LogP contribution in [0.15, 0.2) is 48.5 Å². The molecule has 2 aromatic rings. The maximum Gasteiger partial charge on any atom is 0.246 e. The summed E-state index contributed by atoms with van der Waals surface area (Å²) in [5.74, 6) is 1.07. The van der Waals surface area contributed by atoms with Crippen molar-refractivity contribution in [2.45, 2.75) is 12.8 Å². The van der Waals surface area contributed by atoms with Gasteiger partial charge in [-0.1, -0.05) is 18.2 Å². The molecule has 0 unspecified atom stereocenters. The summed E-state index contributed by atoms with van der Waals surface area (Å²) in [5.41, 5.74) is 1.86. The molecule has 0 saturated carbocycles. The van der Waals surface area contributed by atoms with Crippen molar-refractivity contribution in [1.82, 2.24) is 9.80 Å². The van der Waals surface area contributed by atoms with E-state index >= 15 is 0 Å². The van der Waals surface area contributed by atoms with E-state index in [4.69, 9.17) is 9.47 Å². The summed E-state index contributed by atoms with van der Waals surface area (Å²) in [6, 6.07) is 12.1. The number of likely N-dealkylation sites (N-methyl/N-ethyl adjacent to an activating group) is 2. The standard InChI is InChI=1S/C24H31FN2O3/c1-26(16-13-20-9-11-22(29-3)23(18-20)30-4)14-6-15-27(2)24(28)12-10-19-7-5-8-21(25)17-19/h5,7-12,17-18H,6,13-16H2,1-4H3/b12-10+. The lowest BCUT2D eigenvalue weighted by atomic mass is 10.1. The molecule has 1 amide bonds. The van der Waals surface area contributed by atoms with E-state index in [0.717, 1.165) is 37.4 Å². The van der Waals surface area contributed by atoms with Crippen molar-refractivity contribution in [3.63, 3.8) is 0 Å². The Hall–Kier alpha value is -2.86. The number of ether oxygens (including phenoxy) is 2. The lowest BCUT2D eigenvalue weighted by Gasteiger charge is -2.20. The minimum absolute atomic E-state index is 0.0905. The summed E-state index contributed by atoms with van der Waals surface area (Å²) in [6.45, 7) is 2.46. The Morgan fingerprint density at radius 1 is 1.00 bits per heavy atom. The van der Waals surface area contributed by atoms with Gasteiger partial charge in [-0.3, -0.25) is 4.79 Å². The molecule has 0 saturated heterocycles. The molecule has 0 aliphatic rings. The van der Waals surface area contributed by atoms with Gasteiger partial charge in [0.2, 0.25) is 5.91 Å². The van der Waals surface area contributed by atoms with E-state index in [-0.39, 0.29) is 11.7 Å². The van der Waals surface area contributed by atoms with E-state index in [1.165, 1.54) is 23.8 Å². The molecule has 0 atom stereocenters. The van der Waals surface area contributed by atoms with E-state index < -0.39 is 0 Å². The van der Waals surface area contributed by atoms with Gasteiger partial charge in [-0.15, -0.1) is 0 Å². The largest absolute Gasteiger partial charge is 0.493 e. The van der Waals surface area contributed by atoms with Crippen LogP contribution >= 0.6 is 0 Å². The van der Waals surface area contributed by atoms with E-state index in [1.807, 2.05) is 18.2 Å². The molecule has 30 heavy (non-hydrogen) atoms. The van der Waals surface area contributed by atoms with Crippen LogP contribution in [0.2, 0.25) is 0 Å². The molecule has 0 spiro atoms. The van der Waals surface area contributed by atoms with E-state index in [1.54, 1.807) is 44.4 Å². The third-order valence-corrected chi connectivity index (χ3v) is 4.91. The fourth-order valence-electron chi connectivity index (χ4n) is 3.06. The van der Waals surface area contributed by atoms with Gasteiger partial charge in [0, 0.05) is 26.2 Å². The summed E-state index contributed by atoms with van der Waals surface area (Å²) >= 11 is 0. The first-order valence-electron chi connectivity index (χ1n) is 10.0. The first kappa shape index (κ1) is 23.4. The molecule has 2 aromatic carbocycles. The third kappa shape index (κ3) is 7.52. The highest BCUT2D eigenvalue weighted by atomic mass is 19.1. The Labute approximate surface area is 178 Å². The van der Waals surface area contributed by atoms with Crippen molar-refractivity contribution >= 4 is 12.0 Å². The molecule has 0 heterocycles. The lowest BCUT2D eigenvalue weighted by molar-refractivity contribution is -0.124. The molecule has 2 rings (SSSR count). The molecule has 0 aliphatic heterocycles. The number of carbonyl (C=O) groups excluding carboxylic acids is 1. The van der Waals surface area contributed by atoms with Crippen molar-refractivity contribution in [2.75, 3.05) is 47.9 Å².